The summed E-state index contributed by atoms with van der Waals surface area (Å²) in [5.74, 6) is -0.238. The van der Waals surface area contributed by atoms with Gasteiger partial charge in [0.05, 0.1) is 6.33 Å². The predicted octanol–water partition coefficient (Wildman–Crippen LogP) is 2.11. The van der Waals surface area contributed by atoms with Crippen molar-refractivity contribution in [2.45, 2.75) is 6.54 Å². The number of aromatic nitrogens is 2. The van der Waals surface area contributed by atoms with Crippen molar-refractivity contribution in [3.63, 3.8) is 0 Å². The number of carbonyl (C=O) groups is 1. The van der Waals surface area contributed by atoms with Crippen LogP contribution in [0.5, 0.6) is 0 Å². The topological polar surface area (TPSA) is 46.9 Å². The number of hydrogen-bond donors (Lipinski definition) is 1. The van der Waals surface area contributed by atoms with Crippen LogP contribution in [0, 0.1) is 0 Å². The molecule has 88 valence electrons. The van der Waals surface area contributed by atoms with Crippen molar-refractivity contribution in [3.05, 3.63) is 48.5 Å². The number of nitrogens with zero attached hydrogens (tertiary/aromatic N) is 2. The monoisotopic (exact) mass is 249 g/mol. The van der Waals surface area contributed by atoms with Gasteiger partial charge in [-0.05, 0) is 17.7 Å². The minimum Gasteiger partial charge on any atom is -0.333 e. The standard InChI is InChI=1S/C12H12ClN3O/c13-7-12(17)15-11-3-1-2-10(6-11)8-16-5-4-14-9-16/h1-6,9H,7-8H2,(H,15,17). The van der Waals surface area contributed by atoms with E-state index in [-0.39, 0.29) is 11.8 Å². The maximum Gasteiger partial charge on any atom is 0.239 e. The van der Waals surface area contributed by atoms with Gasteiger partial charge in [-0.2, -0.15) is 0 Å². The van der Waals surface area contributed by atoms with Gasteiger partial charge in [0.15, 0.2) is 0 Å². The molecule has 1 aromatic heterocycles. The van der Waals surface area contributed by atoms with Crippen LogP contribution in [-0.2, 0) is 11.3 Å². The molecule has 0 unspecified atom stereocenters. The van der Waals surface area contributed by atoms with Gasteiger partial charge in [0.25, 0.3) is 0 Å². The number of rotatable bonds is 4. The van der Waals surface area contributed by atoms with Crippen LogP contribution in [0.3, 0.4) is 0 Å². The number of alkyl halides is 1. The number of carbonyl (C=O) groups excluding carboxylic acids is 1. The first-order valence-electron chi connectivity index (χ1n) is 5.18. The molecule has 1 aromatic carbocycles. The van der Waals surface area contributed by atoms with Gasteiger partial charge in [0, 0.05) is 24.6 Å². The van der Waals surface area contributed by atoms with Crippen LogP contribution in [-0.4, -0.2) is 21.3 Å². The van der Waals surface area contributed by atoms with E-state index in [0.717, 1.165) is 17.8 Å². The van der Waals surface area contributed by atoms with E-state index in [2.05, 4.69) is 10.3 Å². The summed E-state index contributed by atoms with van der Waals surface area (Å²) in [5, 5.41) is 2.72. The second kappa shape index (κ2) is 5.50. The van der Waals surface area contributed by atoms with E-state index in [9.17, 15) is 4.79 Å². The van der Waals surface area contributed by atoms with Crippen LogP contribution in [0.2, 0.25) is 0 Å². The molecule has 0 saturated carbocycles. The molecular weight excluding hydrogens is 238 g/mol. The van der Waals surface area contributed by atoms with Gasteiger partial charge >= 0.3 is 0 Å². The normalized spacial score (nSPS) is 10.2. The number of anilines is 1. The fraction of sp³-hybridized carbons (Fsp3) is 0.167. The van der Waals surface area contributed by atoms with Crippen molar-refractivity contribution in [3.8, 4) is 0 Å². The molecule has 1 N–H and O–H groups in total. The Labute approximate surface area is 104 Å². The van der Waals surface area contributed by atoms with Gasteiger partial charge < -0.3 is 9.88 Å². The van der Waals surface area contributed by atoms with Crippen LogP contribution >= 0.6 is 11.6 Å². The van der Waals surface area contributed by atoms with Gasteiger partial charge in [-0.3, -0.25) is 4.79 Å². The number of benzene rings is 1. The second-order valence-electron chi connectivity index (χ2n) is 3.62. The maximum atomic E-state index is 11.2. The zero-order valence-corrected chi connectivity index (χ0v) is 9.89. The highest BCUT2D eigenvalue weighted by atomic mass is 35.5. The van der Waals surface area contributed by atoms with E-state index in [0.29, 0.717) is 0 Å². The molecular formula is C12H12ClN3O. The lowest BCUT2D eigenvalue weighted by Gasteiger charge is -2.06. The Balaban J connectivity index is 2.08. The summed E-state index contributed by atoms with van der Waals surface area (Å²) in [4.78, 5) is 15.1. The highest BCUT2D eigenvalue weighted by Crippen LogP contribution is 2.11. The molecule has 17 heavy (non-hydrogen) atoms. The van der Waals surface area contributed by atoms with Crippen molar-refractivity contribution in [2.24, 2.45) is 0 Å². The molecule has 0 radical (unpaired) electrons. The lowest BCUT2D eigenvalue weighted by atomic mass is 10.2. The van der Waals surface area contributed by atoms with Crippen molar-refractivity contribution >= 4 is 23.2 Å². The molecule has 4 nitrogen and oxygen atoms in total. The number of amides is 1. The zero-order chi connectivity index (χ0) is 12.1. The molecule has 0 fully saturated rings. The summed E-state index contributed by atoms with van der Waals surface area (Å²) in [6.45, 7) is 0.727. The van der Waals surface area contributed by atoms with Crippen LogP contribution < -0.4 is 5.32 Å². The number of hydrogen-bond acceptors (Lipinski definition) is 2. The van der Waals surface area contributed by atoms with Gasteiger partial charge in [-0.1, -0.05) is 12.1 Å². The molecule has 0 aliphatic carbocycles. The molecule has 2 aromatic rings. The molecule has 0 atom stereocenters. The Kier molecular flexibility index (Phi) is 3.77. The largest absolute Gasteiger partial charge is 0.333 e. The molecule has 1 heterocycles. The van der Waals surface area contributed by atoms with Gasteiger partial charge in [0.1, 0.15) is 5.88 Å². The Hall–Kier alpha value is -1.81. The van der Waals surface area contributed by atoms with Crippen LogP contribution in [0.15, 0.2) is 43.0 Å². The van der Waals surface area contributed by atoms with E-state index in [1.165, 1.54) is 0 Å². The van der Waals surface area contributed by atoms with Crippen LogP contribution in [0.1, 0.15) is 5.56 Å². The molecule has 0 aliphatic rings. The number of halogens is 1. The van der Waals surface area contributed by atoms with Crippen molar-refractivity contribution in [2.75, 3.05) is 11.2 Å². The summed E-state index contributed by atoms with van der Waals surface area (Å²) < 4.78 is 1.96. The SMILES string of the molecule is O=C(CCl)Nc1cccc(Cn2ccnc2)c1. The minimum absolute atomic E-state index is 0.0360. The molecule has 1 amide bonds. The third-order valence-corrected chi connectivity index (χ3v) is 2.50. The Morgan fingerprint density at radius 1 is 1.47 bits per heavy atom. The van der Waals surface area contributed by atoms with Gasteiger partial charge in [-0.15, -0.1) is 11.6 Å². The van der Waals surface area contributed by atoms with Crippen molar-refractivity contribution in [1.29, 1.82) is 0 Å². The smallest absolute Gasteiger partial charge is 0.239 e. The zero-order valence-electron chi connectivity index (χ0n) is 9.14. The molecule has 0 aliphatic heterocycles. The third kappa shape index (κ3) is 3.32. The lowest BCUT2D eigenvalue weighted by molar-refractivity contribution is -0.113. The Bertz CT molecular complexity index is 496. The second-order valence-corrected chi connectivity index (χ2v) is 3.88. The van der Waals surface area contributed by atoms with E-state index in [1.807, 2.05) is 35.0 Å². The van der Waals surface area contributed by atoms with Crippen molar-refractivity contribution in [1.82, 2.24) is 9.55 Å². The van der Waals surface area contributed by atoms with Crippen molar-refractivity contribution < 1.29 is 4.79 Å². The minimum atomic E-state index is -0.202. The molecule has 0 spiro atoms. The lowest BCUT2D eigenvalue weighted by Crippen LogP contribution is -2.12. The average molecular weight is 250 g/mol. The van der Waals surface area contributed by atoms with E-state index >= 15 is 0 Å². The first-order valence-corrected chi connectivity index (χ1v) is 5.72. The van der Waals surface area contributed by atoms with Crippen LogP contribution in [0.25, 0.3) is 0 Å². The Morgan fingerprint density at radius 2 is 2.35 bits per heavy atom. The summed E-state index contributed by atoms with van der Waals surface area (Å²) in [6.07, 6.45) is 5.38. The molecule has 5 heteroatoms. The molecule has 2 rings (SSSR count). The maximum absolute atomic E-state index is 11.2. The summed E-state index contributed by atoms with van der Waals surface area (Å²) in [7, 11) is 0. The van der Waals surface area contributed by atoms with Gasteiger partial charge in [0.2, 0.25) is 5.91 Å². The first kappa shape index (κ1) is 11.7. The highest BCUT2D eigenvalue weighted by molar-refractivity contribution is 6.29. The third-order valence-electron chi connectivity index (χ3n) is 2.26. The summed E-state index contributed by atoms with van der Waals surface area (Å²) in [6, 6.07) is 7.65. The Morgan fingerprint density at radius 3 is 3.06 bits per heavy atom. The van der Waals surface area contributed by atoms with E-state index in [1.54, 1.807) is 12.5 Å². The quantitative estimate of drug-likeness (QED) is 0.844. The summed E-state index contributed by atoms with van der Waals surface area (Å²) >= 11 is 5.43. The fourth-order valence-corrected chi connectivity index (χ4v) is 1.60. The summed E-state index contributed by atoms with van der Waals surface area (Å²) in [5.41, 5.74) is 1.85. The van der Waals surface area contributed by atoms with Crippen LogP contribution in [0.4, 0.5) is 5.69 Å². The molecule has 0 saturated heterocycles. The average Bonchev–Trinajstić information content (AvgIpc) is 2.82. The van der Waals surface area contributed by atoms with E-state index in [4.69, 9.17) is 11.6 Å². The highest BCUT2D eigenvalue weighted by Gasteiger charge is 2.01. The van der Waals surface area contributed by atoms with E-state index < -0.39 is 0 Å². The molecule has 0 bridgehead atoms. The first-order chi connectivity index (χ1) is 8.28. The predicted molar refractivity (Wildman–Crippen MR) is 67.1 cm³/mol. The number of nitrogens with one attached hydrogen (secondary N) is 1. The number of imidazole rings is 1. The fourth-order valence-electron chi connectivity index (χ4n) is 1.53. The van der Waals surface area contributed by atoms with Gasteiger partial charge in [-0.25, -0.2) is 4.98 Å².